The molecule has 3 aliphatic heterocycles. The zero-order chi connectivity index (χ0) is 22.2. The third kappa shape index (κ3) is 2.46. The minimum Gasteiger partial charge on any atom is -0.374 e. The Kier molecular flexibility index (Phi) is 4.14. The van der Waals surface area contributed by atoms with Crippen LogP contribution >= 0.6 is 22.9 Å². The SMILES string of the molecule is C[C@@H]1OCCN2c3c(cc4c(-c5nccs5)noc4c3Cl)CC3(C(=O)NC(=O)NC3=O)[C@@H]12. The molecule has 6 rings (SSSR count). The molecule has 2 N–H and O–H groups in total. The molecule has 3 aromatic rings. The van der Waals surface area contributed by atoms with E-state index in [1.165, 1.54) is 11.3 Å². The highest BCUT2D eigenvalue weighted by molar-refractivity contribution is 7.13. The second kappa shape index (κ2) is 6.74. The lowest BCUT2D eigenvalue weighted by atomic mass is 9.66. The van der Waals surface area contributed by atoms with Crippen LogP contribution < -0.4 is 15.5 Å². The van der Waals surface area contributed by atoms with Gasteiger partial charge in [0.1, 0.15) is 15.7 Å². The summed E-state index contributed by atoms with van der Waals surface area (Å²) in [7, 11) is 0. The summed E-state index contributed by atoms with van der Waals surface area (Å²) in [5.41, 5.74) is 0.768. The minimum absolute atomic E-state index is 0.0420. The molecular weight excluding hydrogens is 458 g/mol. The van der Waals surface area contributed by atoms with E-state index in [1.807, 2.05) is 23.3 Å². The summed E-state index contributed by atoms with van der Waals surface area (Å²) in [6, 6.07) is 0.359. The fraction of sp³-hybridized carbons (Fsp3) is 0.350. The fourth-order valence-electron chi connectivity index (χ4n) is 5.16. The molecule has 0 aliphatic carbocycles. The van der Waals surface area contributed by atoms with E-state index in [-0.39, 0.29) is 6.42 Å². The number of nitrogens with one attached hydrogen (secondary N) is 2. The number of ether oxygens (including phenoxy) is 1. The Bertz CT molecular complexity index is 1290. The predicted molar refractivity (Wildman–Crippen MR) is 114 cm³/mol. The zero-order valence-electron chi connectivity index (χ0n) is 16.7. The van der Waals surface area contributed by atoms with Gasteiger partial charge < -0.3 is 14.2 Å². The third-order valence-electron chi connectivity index (χ3n) is 6.41. The molecule has 0 radical (unpaired) electrons. The normalized spacial score (nSPS) is 24.3. The van der Waals surface area contributed by atoms with Crippen LogP contribution in [0.2, 0.25) is 5.02 Å². The molecule has 10 nitrogen and oxygen atoms in total. The number of amides is 4. The Morgan fingerprint density at radius 2 is 2.06 bits per heavy atom. The lowest BCUT2D eigenvalue weighted by Gasteiger charge is -2.54. The van der Waals surface area contributed by atoms with Crippen molar-refractivity contribution >= 4 is 57.4 Å². The maximum atomic E-state index is 13.2. The van der Waals surface area contributed by atoms with Crippen molar-refractivity contribution in [3.8, 4) is 10.7 Å². The summed E-state index contributed by atoms with van der Waals surface area (Å²) < 4.78 is 11.4. The molecule has 4 amide bonds. The van der Waals surface area contributed by atoms with Crippen molar-refractivity contribution < 1.29 is 23.6 Å². The van der Waals surface area contributed by atoms with Gasteiger partial charge in [0.25, 0.3) is 0 Å². The van der Waals surface area contributed by atoms with Crippen molar-refractivity contribution in [2.75, 3.05) is 18.1 Å². The number of hydrogen-bond acceptors (Lipinski definition) is 9. The molecule has 1 aromatic carbocycles. The van der Waals surface area contributed by atoms with E-state index in [0.717, 1.165) is 0 Å². The first-order valence-corrected chi connectivity index (χ1v) is 11.2. The van der Waals surface area contributed by atoms with E-state index in [0.29, 0.717) is 51.1 Å². The number of urea groups is 1. The summed E-state index contributed by atoms with van der Waals surface area (Å²) in [5, 5.41) is 12.2. The van der Waals surface area contributed by atoms with E-state index in [4.69, 9.17) is 20.9 Å². The van der Waals surface area contributed by atoms with Crippen LogP contribution in [0.3, 0.4) is 0 Å². The molecule has 0 saturated carbocycles. The average molecular weight is 474 g/mol. The minimum atomic E-state index is -1.56. The molecule has 2 aromatic heterocycles. The van der Waals surface area contributed by atoms with Crippen LogP contribution in [0, 0.1) is 5.41 Å². The highest BCUT2D eigenvalue weighted by Gasteiger charge is 2.62. The van der Waals surface area contributed by atoms with Crippen LogP contribution in [-0.2, 0) is 20.7 Å². The number of carbonyl (C=O) groups excluding carboxylic acids is 3. The largest absolute Gasteiger partial charge is 0.374 e. The van der Waals surface area contributed by atoms with Gasteiger partial charge in [-0.25, -0.2) is 9.78 Å². The van der Waals surface area contributed by atoms with E-state index < -0.39 is 35.4 Å². The van der Waals surface area contributed by atoms with Gasteiger partial charge in [-0.1, -0.05) is 16.8 Å². The summed E-state index contributed by atoms with van der Waals surface area (Å²) >= 11 is 8.25. The molecule has 12 heteroatoms. The number of fused-ring (bicyclic) bond motifs is 5. The Labute approximate surface area is 189 Å². The van der Waals surface area contributed by atoms with E-state index in [1.54, 1.807) is 6.20 Å². The Morgan fingerprint density at radius 3 is 2.78 bits per heavy atom. The van der Waals surface area contributed by atoms with Gasteiger partial charge in [0, 0.05) is 18.1 Å². The highest BCUT2D eigenvalue weighted by Crippen LogP contribution is 2.51. The number of hydrogen-bond donors (Lipinski definition) is 2. The maximum absolute atomic E-state index is 13.2. The summed E-state index contributed by atoms with van der Waals surface area (Å²) in [4.78, 5) is 44.5. The van der Waals surface area contributed by atoms with Crippen LogP contribution in [0.1, 0.15) is 12.5 Å². The van der Waals surface area contributed by atoms with E-state index in [2.05, 4.69) is 20.8 Å². The van der Waals surface area contributed by atoms with Gasteiger partial charge in [0.2, 0.25) is 11.8 Å². The van der Waals surface area contributed by atoms with Crippen LogP contribution in [-0.4, -0.2) is 53.3 Å². The molecule has 0 bridgehead atoms. The highest BCUT2D eigenvalue weighted by atomic mass is 35.5. The van der Waals surface area contributed by atoms with Gasteiger partial charge in [0.15, 0.2) is 11.0 Å². The van der Waals surface area contributed by atoms with Gasteiger partial charge in [0.05, 0.1) is 29.8 Å². The van der Waals surface area contributed by atoms with Crippen molar-refractivity contribution in [2.45, 2.75) is 25.5 Å². The van der Waals surface area contributed by atoms with E-state index >= 15 is 0 Å². The topological polar surface area (TPSA) is 127 Å². The second-order valence-corrected chi connectivity index (χ2v) is 9.32. The first kappa shape index (κ1) is 19.6. The van der Waals surface area contributed by atoms with Crippen LogP contribution in [0.25, 0.3) is 21.7 Å². The van der Waals surface area contributed by atoms with Crippen LogP contribution in [0.15, 0.2) is 22.2 Å². The number of carbonyl (C=O) groups is 3. The molecule has 2 saturated heterocycles. The third-order valence-corrected chi connectivity index (χ3v) is 7.54. The number of rotatable bonds is 1. The summed E-state index contributed by atoms with van der Waals surface area (Å²) in [6.45, 7) is 2.61. The monoisotopic (exact) mass is 473 g/mol. The van der Waals surface area contributed by atoms with Gasteiger partial charge in [-0.15, -0.1) is 11.3 Å². The lowest BCUT2D eigenvalue weighted by Crippen LogP contribution is -2.74. The number of thiazole rings is 1. The number of imide groups is 2. The predicted octanol–water partition coefficient (Wildman–Crippen LogP) is 2.11. The smallest absolute Gasteiger partial charge is 0.328 e. The molecule has 164 valence electrons. The quantitative estimate of drug-likeness (QED) is 0.514. The molecule has 0 unspecified atom stereocenters. The van der Waals surface area contributed by atoms with Gasteiger partial charge in [-0.2, -0.15) is 0 Å². The lowest BCUT2D eigenvalue weighted by molar-refractivity contribution is -0.151. The van der Waals surface area contributed by atoms with Gasteiger partial charge in [-0.3, -0.25) is 20.2 Å². The molecule has 5 heterocycles. The van der Waals surface area contributed by atoms with Gasteiger partial charge in [-0.05, 0) is 25.0 Å². The average Bonchev–Trinajstić information content (AvgIpc) is 3.41. The number of halogens is 1. The molecule has 2 fully saturated rings. The standard InChI is InChI=1S/C20H16ClN5O5S/c1-8-15-20(17(27)23-19(29)24-18(20)28)7-9-6-10-12(16-22-2-5-32-16)25-31-14(10)11(21)13(9)26(15)3-4-30-8/h2,5-6,8,15H,3-4,7H2,1H3,(H2,23,24,27,28,29)/t8-,15+/m0/s1. The maximum Gasteiger partial charge on any atom is 0.328 e. The first-order valence-electron chi connectivity index (χ1n) is 9.97. The van der Waals surface area contributed by atoms with Crippen molar-refractivity contribution in [3.05, 3.63) is 28.2 Å². The Hall–Kier alpha value is -3.02. The van der Waals surface area contributed by atoms with Crippen molar-refractivity contribution in [3.63, 3.8) is 0 Å². The number of anilines is 1. The molecular formula is C20H16ClN5O5S. The molecule has 2 atom stereocenters. The number of benzene rings is 1. The Morgan fingerprint density at radius 1 is 1.28 bits per heavy atom. The fourth-order valence-corrected chi connectivity index (χ4v) is 6.15. The zero-order valence-corrected chi connectivity index (χ0v) is 18.2. The summed E-state index contributed by atoms with van der Waals surface area (Å²) in [5.74, 6) is -1.29. The molecule has 1 spiro atoms. The summed E-state index contributed by atoms with van der Waals surface area (Å²) in [6.07, 6.45) is 1.25. The first-order chi connectivity index (χ1) is 15.4. The molecule has 3 aliphatic rings. The van der Waals surface area contributed by atoms with Crippen LogP contribution in [0.5, 0.6) is 0 Å². The van der Waals surface area contributed by atoms with Crippen molar-refractivity contribution in [2.24, 2.45) is 5.41 Å². The van der Waals surface area contributed by atoms with Crippen molar-refractivity contribution in [1.29, 1.82) is 0 Å². The number of nitrogens with zero attached hydrogens (tertiary/aromatic N) is 3. The van der Waals surface area contributed by atoms with Crippen molar-refractivity contribution in [1.82, 2.24) is 20.8 Å². The number of morpholine rings is 1. The van der Waals surface area contributed by atoms with Gasteiger partial charge >= 0.3 is 6.03 Å². The number of aromatic nitrogens is 2. The van der Waals surface area contributed by atoms with E-state index in [9.17, 15) is 14.4 Å². The number of barbiturate groups is 1. The van der Waals surface area contributed by atoms with Crippen LogP contribution in [0.4, 0.5) is 10.5 Å². The molecule has 32 heavy (non-hydrogen) atoms. The second-order valence-electron chi connectivity index (χ2n) is 8.04. The Balaban J connectivity index is 1.61.